The number of hydrogen-bond acceptors (Lipinski definition) is 13. The summed E-state index contributed by atoms with van der Waals surface area (Å²) >= 11 is 0. The number of nitrogens with one attached hydrogen (secondary N) is 1. The van der Waals surface area contributed by atoms with Gasteiger partial charge in [-0.25, -0.2) is 0 Å². The van der Waals surface area contributed by atoms with E-state index in [-0.39, 0.29) is 18.9 Å². The van der Waals surface area contributed by atoms with Gasteiger partial charge in [0.25, 0.3) is 0 Å². The van der Waals surface area contributed by atoms with Crippen molar-refractivity contribution < 1.29 is 64.6 Å². The molecule has 0 saturated carbocycles. The van der Waals surface area contributed by atoms with Gasteiger partial charge in [-0.1, -0.05) is 339 Å². The summed E-state index contributed by atoms with van der Waals surface area (Å²) in [6, 6.07) is -0.938. The van der Waals surface area contributed by atoms with Gasteiger partial charge >= 0.3 is 0 Å². The Balaban J connectivity index is 1.66. The van der Waals surface area contributed by atoms with Crippen molar-refractivity contribution in [1.82, 2.24) is 5.32 Å². The Morgan fingerprint density at radius 1 is 0.385 bits per heavy atom. The molecule has 2 aliphatic heterocycles. The predicted octanol–water partition coefficient (Wildman–Crippen LogP) is 16.9. The Morgan fingerprint density at radius 3 is 1.08 bits per heavy atom. The summed E-state index contributed by atoms with van der Waals surface area (Å²) in [5.41, 5.74) is 0. The van der Waals surface area contributed by atoms with Crippen LogP contribution in [0.2, 0.25) is 0 Å². The van der Waals surface area contributed by atoms with Crippen LogP contribution in [-0.2, 0) is 23.7 Å². The lowest BCUT2D eigenvalue weighted by molar-refractivity contribution is -0.359. The van der Waals surface area contributed by atoms with Crippen molar-refractivity contribution in [2.45, 2.75) is 428 Å². The molecule has 12 unspecified atom stereocenters. The minimum atomic E-state index is -1.79. The highest BCUT2D eigenvalue weighted by atomic mass is 16.7. The molecule has 12 atom stereocenters. The first-order chi connectivity index (χ1) is 44.6. The van der Waals surface area contributed by atoms with E-state index < -0.39 is 86.8 Å². The number of aliphatic hydroxyl groups excluding tert-OH is 8. The molecule has 0 spiro atoms. The molecule has 0 aliphatic carbocycles. The highest BCUT2D eigenvalue weighted by Gasteiger charge is 2.51. The number of aliphatic hydroxyl groups is 8. The van der Waals surface area contributed by atoms with Crippen molar-refractivity contribution in [1.29, 1.82) is 0 Å². The minimum Gasteiger partial charge on any atom is -0.394 e. The zero-order valence-corrected chi connectivity index (χ0v) is 58.6. The standard InChI is InChI=1S/C77H145NO13/c1-3-5-7-9-11-13-15-17-19-21-23-25-27-29-30-31-32-33-34-35-37-38-40-42-44-46-48-50-52-54-56-58-60-66(81)65(64-88-76-74(87)72(85)75(68(63-80)90-76)91-77-73(86)71(84)70(83)67(62-79)89-77)78-69(82)61-59-57-55-53-51-49-47-45-43-41-39-36-28-26-24-22-20-18-16-14-12-10-8-6-4-2/h42,44,50,52,58,60,65-68,70-77,79-81,83-87H,3-41,43,45-49,51,53-57,59,61-64H2,1-2H3,(H,78,82)/b44-42+,52-50+,60-58+. The molecule has 2 fully saturated rings. The second-order valence-electron chi connectivity index (χ2n) is 27.5. The largest absolute Gasteiger partial charge is 0.394 e. The van der Waals surface area contributed by atoms with Gasteiger partial charge in [-0.2, -0.15) is 0 Å². The fourth-order valence-electron chi connectivity index (χ4n) is 12.9. The first-order valence-electron chi connectivity index (χ1n) is 38.7. The maximum atomic E-state index is 13.4. The molecule has 0 aromatic rings. The molecular formula is C77H145NO13. The van der Waals surface area contributed by atoms with Gasteiger partial charge in [0.05, 0.1) is 32.0 Å². The van der Waals surface area contributed by atoms with E-state index in [4.69, 9.17) is 18.9 Å². The van der Waals surface area contributed by atoms with Crippen molar-refractivity contribution in [2.75, 3.05) is 19.8 Å². The maximum absolute atomic E-state index is 13.4. The van der Waals surface area contributed by atoms with E-state index >= 15 is 0 Å². The summed E-state index contributed by atoms with van der Waals surface area (Å²) in [5, 5.41) is 87.6. The third kappa shape index (κ3) is 45.4. The normalized spacial score (nSPS) is 22.9. The fraction of sp³-hybridized carbons (Fsp3) is 0.909. The second kappa shape index (κ2) is 61.8. The number of carbonyl (C=O) groups excluding carboxylic acids is 1. The van der Waals surface area contributed by atoms with Crippen molar-refractivity contribution in [2.24, 2.45) is 0 Å². The molecule has 2 saturated heterocycles. The van der Waals surface area contributed by atoms with E-state index in [0.717, 1.165) is 44.9 Å². The topological polar surface area (TPSA) is 228 Å². The first-order valence-corrected chi connectivity index (χ1v) is 38.7. The molecule has 0 aromatic heterocycles. The zero-order valence-electron chi connectivity index (χ0n) is 58.6. The number of carbonyl (C=O) groups is 1. The lowest BCUT2D eigenvalue weighted by atomic mass is 9.97. The summed E-state index contributed by atoms with van der Waals surface area (Å²) in [6.07, 6.45) is 63.7. The van der Waals surface area contributed by atoms with Crippen LogP contribution in [0.25, 0.3) is 0 Å². The van der Waals surface area contributed by atoms with E-state index in [1.54, 1.807) is 6.08 Å². The molecular weight excluding hydrogens is 1150 g/mol. The monoisotopic (exact) mass is 1290 g/mol. The third-order valence-electron chi connectivity index (χ3n) is 19.1. The van der Waals surface area contributed by atoms with Crippen molar-refractivity contribution >= 4 is 5.91 Å². The summed E-state index contributed by atoms with van der Waals surface area (Å²) < 4.78 is 22.9. The van der Waals surface area contributed by atoms with Gasteiger partial charge in [0.2, 0.25) is 5.91 Å². The summed E-state index contributed by atoms with van der Waals surface area (Å²) in [6.45, 7) is 2.84. The summed E-state index contributed by atoms with van der Waals surface area (Å²) in [7, 11) is 0. The van der Waals surface area contributed by atoms with E-state index in [2.05, 4.69) is 43.5 Å². The molecule has 0 bridgehead atoms. The summed E-state index contributed by atoms with van der Waals surface area (Å²) in [5.74, 6) is -0.246. The van der Waals surface area contributed by atoms with E-state index in [1.165, 1.54) is 276 Å². The molecule has 14 nitrogen and oxygen atoms in total. The van der Waals surface area contributed by atoms with Crippen LogP contribution in [0.4, 0.5) is 0 Å². The van der Waals surface area contributed by atoms with Gasteiger partial charge in [-0.3, -0.25) is 4.79 Å². The highest BCUT2D eigenvalue weighted by Crippen LogP contribution is 2.30. The van der Waals surface area contributed by atoms with Gasteiger partial charge in [-0.15, -0.1) is 0 Å². The van der Waals surface area contributed by atoms with Crippen LogP contribution < -0.4 is 5.32 Å². The van der Waals surface area contributed by atoms with Crippen LogP contribution in [0.1, 0.15) is 354 Å². The number of ether oxygens (including phenoxy) is 4. The number of hydrogen-bond donors (Lipinski definition) is 9. The van der Waals surface area contributed by atoms with Gasteiger partial charge < -0.3 is 65.1 Å². The Kier molecular flexibility index (Phi) is 57.9. The van der Waals surface area contributed by atoms with Crippen molar-refractivity contribution in [3.05, 3.63) is 36.5 Å². The Hall–Kier alpha value is -1.79. The Labute approximate surface area is 557 Å². The number of allylic oxidation sites excluding steroid dienone is 5. The van der Waals surface area contributed by atoms with Gasteiger partial charge in [0, 0.05) is 6.42 Å². The Bertz CT molecular complexity index is 1670. The molecule has 1 amide bonds. The highest BCUT2D eigenvalue weighted by molar-refractivity contribution is 5.76. The van der Waals surface area contributed by atoms with Crippen LogP contribution in [0.5, 0.6) is 0 Å². The molecule has 2 rings (SSSR count). The minimum absolute atomic E-state index is 0.246. The molecule has 0 radical (unpaired) electrons. The van der Waals surface area contributed by atoms with Gasteiger partial charge in [0.15, 0.2) is 12.6 Å². The predicted molar refractivity (Wildman–Crippen MR) is 374 cm³/mol. The molecule has 91 heavy (non-hydrogen) atoms. The lowest BCUT2D eigenvalue weighted by Gasteiger charge is -2.46. The molecule has 2 heterocycles. The van der Waals surface area contributed by atoms with Crippen LogP contribution in [0.15, 0.2) is 36.5 Å². The second-order valence-corrected chi connectivity index (χ2v) is 27.5. The molecule has 9 N–H and O–H groups in total. The number of unbranched alkanes of at least 4 members (excludes halogenated alkanes) is 48. The number of rotatable bonds is 65. The van der Waals surface area contributed by atoms with Gasteiger partial charge in [0.1, 0.15) is 48.8 Å². The molecule has 14 heteroatoms. The quantitative estimate of drug-likeness (QED) is 0.0204. The van der Waals surface area contributed by atoms with Crippen molar-refractivity contribution in [3.8, 4) is 0 Å². The van der Waals surface area contributed by atoms with Crippen molar-refractivity contribution in [3.63, 3.8) is 0 Å². The average molecular weight is 1290 g/mol. The first kappa shape index (κ1) is 85.3. The smallest absolute Gasteiger partial charge is 0.220 e. The maximum Gasteiger partial charge on any atom is 0.220 e. The van der Waals surface area contributed by atoms with Crippen LogP contribution in [-0.4, -0.2) is 140 Å². The van der Waals surface area contributed by atoms with Crippen LogP contribution in [0.3, 0.4) is 0 Å². The van der Waals surface area contributed by atoms with E-state index in [1.807, 2.05) is 6.08 Å². The zero-order chi connectivity index (χ0) is 65.9. The SMILES string of the molecule is CCCCCCCCCCCCCCCCCCCCCCCC/C=C/CC/C=C/CC/C=C/C(O)C(COC1OC(CO)C(OC2OC(CO)C(O)C(O)C2O)C(O)C1O)NC(=O)CCCCCCCCCCCCCCCCCCCCCCCCCCC. The van der Waals surface area contributed by atoms with E-state index in [0.29, 0.717) is 12.8 Å². The van der Waals surface area contributed by atoms with Crippen LogP contribution in [0, 0.1) is 0 Å². The number of amides is 1. The molecule has 0 aromatic carbocycles. The molecule has 536 valence electrons. The van der Waals surface area contributed by atoms with Crippen LogP contribution >= 0.6 is 0 Å². The lowest BCUT2D eigenvalue weighted by Crippen LogP contribution is -2.65. The molecule has 2 aliphatic rings. The third-order valence-corrected chi connectivity index (χ3v) is 19.1. The fourth-order valence-corrected chi connectivity index (χ4v) is 12.9. The van der Waals surface area contributed by atoms with Gasteiger partial charge in [-0.05, 0) is 44.9 Å². The summed E-state index contributed by atoms with van der Waals surface area (Å²) in [4.78, 5) is 13.4. The average Bonchev–Trinajstić information content (AvgIpc) is 2.77. The van der Waals surface area contributed by atoms with E-state index in [9.17, 15) is 45.6 Å². The Morgan fingerprint density at radius 2 is 0.703 bits per heavy atom.